The van der Waals surface area contributed by atoms with E-state index in [0.29, 0.717) is 6.07 Å². The highest BCUT2D eigenvalue weighted by molar-refractivity contribution is 6.31. The van der Waals surface area contributed by atoms with Crippen LogP contribution in [-0.4, -0.2) is 11.3 Å². The molecule has 0 radical (unpaired) electrons. The molecule has 0 aliphatic carbocycles. The number of halogens is 4. The lowest BCUT2D eigenvalue weighted by atomic mass is 10.3. The minimum absolute atomic E-state index is 0.172. The van der Waals surface area contributed by atoms with E-state index >= 15 is 0 Å². The monoisotopic (exact) mass is 209 g/mol. The number of carbonyl (C=O) groups is 1. The predicted molar refractivity (Wildman–Crippen MR) is 39.5 cm³/mol. The van der Waals surface area contributed by atoms with Crippen LogP contribution in [0.5, 0.6) is 0 Å². The second-order valence-electron chi connectivity index (χ2n) is 2.15. The molecular formula is C7H3ClF3NO. The molecule has 6 heteroatoms. The molecule has 0 spiro atoms. The summed E-state index contributed by atoms with van der Waals surface area (Å²) in [7, 11) is 0. The molecule has 0 amide bonds. The lowest BCUT2D eigenvalue weighted by molar-refractivity contribution is 0.111. The van der Waals surface area contributed by atoms with E-state index in [9.17, 15) is 18.0 Å². The van der Waals surface area contributed by atoms with Crippen molar-refractivity contribution < 1.29 is 18.0 Å². The molecule has 0 unspecified atom stereocenters. The smallest absolute Gasteiger partial charge is 0.281 e. The van der Waals surface area contributed by atoms with Gasteiger partial charge >= 0.3 is 0 Å². The van der Waals surface area contributed by atoms with E-state index in [4.69, 9.17) is 11.6 Å². The molecule has 0 aliphatic heterocycles. The molecule has 0 aliphatic rings. The van der Waals surface area contributed by atoms with Gasteiger partial charge in [0, 0.05) is 6.07 Å². The number of alkyl halides is 2. The second-order valence-corrected chi connectivity index (χ2v) is 2.52. The minimum atomic E-state index is -3.00. The third kappa shape index (κ3) is 1.98. The summed E-state index contributed by atoms with van der Waals surface area (Å²) in [4.78, 5) is 13.3. The normalized spacial score (nSPS) is 10.5. The average molecular weight is 210 g/mol. The molecule has 0 saturated carbocycles. The Labute approximate surface area is 76.3 Å². The molecule has 1 rings (SSSR count). The Morgan fingerprint density at radius 3 is 2.62 bits per heavy atom. The summed E-state index contributed by atoms with van der Waals surface area (Å²) in [6.07, 6.45) is -2.83. The molecule has 0 aromatic carbocycles. The number of aldehydes is 1. The van der Waals surface area contributed by atoms with Crippen LogP contribution in [0.2, 0.25) is 5.02 Å². The summed E-state index contributed by atoms with van der Waals surface area (Å²) in [5, 5.41) is -0.749. The van der Waals surface area contributed by atoms with Gasteiger partial charge in [-0.1, -0.05) is 11.6 Å². The van der Waals surface area contributed by atoms with Crippen molar-refractivity contribution in [3.63, 3.8) is 0 Å². The zero-order chi connectivity index (χ0) is 10.0. The highest BCUT2D eigenvalue weighted by atomic mass is 35.5. The third-order valence-corrected chi connectivity index (χ3v) is 1.66. The molecule has 1 aromatic rings. The van der Waals surface area contributed by atoms with E-state index in [-0.39, 0.29) is 6.29 Å². The maximum atomic E-state index is 12.7. The standard InChI is InChI=1S/C7H3ClF3NO/c8-5-4(9)1-3(2-13)12-6(5)7(10)11/h1-2,7H. The van der Waals surface area contributed by atoms with Crippen molar-refractivity contribution in [2.75, 3.05) is 0 Å². The van der Waals surface area contributed by atoms with Crippen molar-refractivity contribution in [1.82, 2.24) is 4.98 Å². The van der Waals surface area contributed by atoms with Crippen molar-refractivity contribution in [3.05, 3.63) is 28.3 Å². The molecule has 2 nitrogen and oxygen atoms in total. The van der Waals surface area contributed by atoms with Gasteiger partial charge in [0.05, 0.1) is 0 Å². The van der Waals surface area contributed by atoms with Crippen molar-refractivity contribution in [2.45, 2.75) is 6.43 Å². The van der Waals surface area contributed by atoms with Crippen molar-refractivity contribution in [2.24, 2.45) is 0 Å². The zero-order valence-corrected chi connectivity index (χ0v) is 6.86. The van der Waals surface area contributed by atoms with Crippen LogP contribution in [0.3, 0.4) is 0 Å². The first-order valence-electron chi connectivity index (χ1n) is 3.15. The quantitative estimate of drug-likeness (QED) is 0.701. The van der Waals surface area contributed by atoms with Crippen LogP contribution in [-0.2, 0) is 0 Å². The van der Waals surface area contributed by atoms with E-state index in [2.05, 4.69) is 4.98 Å². The summed E-state index contributed by atoms with van der Waals surface area (Å²) >= 11 is 5.18. The summed E-state index contributed by atoms with van der Waals surface area (Å²) < 4.78 is 36.9. The Balaban J connectivity index is 3.32. The molecule has 0 bridgehead atoms. The van der Waals surface area contributed by atoms with Crippen LogP contribution in [0.25, 0.3) is 0 Å². The summed E-state index contributed by atoms with van der Waals surface area (Å²) in [5.41, 5.74) is -1.32. The Hall–Kier alpha value is -1.10. The number of nitrogens with zero attached hydrogens (tertiary/aromatic N) is 1. The van der Waals surface area contributed by atoms with Crippen LogP contribution >= 0.6 is 11.6 Å². The molecular weight excluding hydrogens is 207 g/mol. The van der Waals surface area contributed by atoms with Gasteiger partial charge in [-0.3, -0.25) is 4.79 Å². The fourth-order valence-corrected chi connectivity index (χ4v) is 0.920. The number of carbonyl (C=O) groups excluding carboxylic acids is 1. The largest absolute Gasteiger partial charge is 0.296 e. The van der Waals surface area contributed by atoms with Crippen LogP contribution < -0.4 is 0 Å². The SMILES string of the molecule is O=Cc1cc(F)c(Cl)c(C(F)F)n1. The Kier molecular flexibility index (Phi) is 2.87. The van der Waals surface area contributed by atoms with Gasteiger partial charge in [-0.05, 0) is 0 Å². The molecule has 1 heterocycles. The third-order valence-electron chi connectivity index (χ3n) is 1.29. The maximum absolute atomic E-state index is 12.7. The van der Waals surface area contributed by atoms with Gasteiger partial charge in [0.25, 0.3) is 6.43 Å². The number of aromatic nitrogens is 1. The first-order valence-corrected chi connectivity index (χ1v) is 3.53. The summed E-state index contributed by atoms with van der Waals surface area (Å²) in [6, 6.07) is 0.696. The lowest BCUT2D eigenvalue weighted by Crippen LogP contribution is -1.99. The summed E-state index contributed by atoms with van der Waals surface area (Å²) in [6.45, 7) is 0. The molecule has 0 atom stereocenters. The summed E-state index contributed by atoms with van der Waals surface area (Å²) in [5.74, 6) is -1.07. The van der Waals surface area contributed by atoms with Crippen LogP contribution in [0.15, 0.2) is 6.07 Å². The highest BCUT2D eigenvalue weighted by Crippen LogP contribution is 2.27. The minimum Gasteiger partial charge on any atom is -0.296 e. The molecule has 70 valence electrons. The Morgan fingerprint density at radius 1 is 1.54 bits per heavy atom. The van der Waals surface area contributed by atoms with Gasteiger partial charge in [0.2, 0.25) is 0 Å². The molecule has 0 fully saturated rings. The van der Waals surface area contributed by atoms with Crippen LogP contribution in [0.4, 0.5) is 13.2 Å². The maximum Gasteiger partial charge on any atom is 0.281 e. The van der Waals surface area contributed by atoms with E-state index in [1.165, 1.54) is 0 Å². The van der Waals surface area contributed by atoms with Gasteiger partial charge in [0.15, 0.2) is 6.29 Å². The average Bonchev–Trinajstić information content (AvgIpc) is 2.09. The first-order chi connectivity index (χ1) is 6.06. The van der Waals surface area contributed by atoms with Gasteiger partial charge in [-0.2, -0.15) is 0 Å². The number of rotatable bonds is 2. The van der Waals surface area contributed by atoms with Crippen LogP contribution in [0.1, 0.15) is 22.6 Å². The predicted octanol–water partition coefficient (Wildman–Crippen LogP) is 2.62. The Morgan fingerprint density at radius 2 is 2.15 bits per heavy atom. The van der Waals surface area contributed by atoms with Crippen molar-refractivity contribution >= 4 is 17.9 Å². The van der Waals surface area contributed by atoms with E-state index in [0.717, 1.165) is 0 Å². The van der Waals surface area contributed by atoms with Gasteiger partial charge in [-0.15, -0.1) is 0 Å². The number of hydrogen-bond donors (Lipinski definition) is 0. The highest BCUT2D eigenvalue weighted by Gasteiger charge is 2.18. The first kappa shape index (κ1) is 9.98. The second kappa shape index (κ2) is 3.74. The van der Waals surface area contributed by atoms with E-state index < -0.39 is 28.7 Å². The van der Waals surface area contributed by atoms with Gasteiger partial charge < -0.3 is 0 Å². The fraction of sp³-hybridized carbons (Fsp3) is 0.143. The molecule has 0 N–H and O–H groups in total. The number of pyridine rings is 1. The molecule has 13 heavy (non-hydrogen) atoms. The molecule has 0 saturated heterocycles. The van der Waals surface area contributed by atoms with E-state index in [1.54, 1.807) is 0 Å². The lowest BCUT2D eigenvalue weighted by Gasteiger charge is -2.03. The van der Waals surface area contributed by atoms with Gasteiger partial charge in [-0.25, -0.2) is 18.2 Å². The number of hydrogen-bond acceptors (Lipinski definition) is 2. The molecule has 1 aromatic heterocycles. The Bertz CT molecular complexity index is 343. The van der Waals surface area contributed by atoms with Gasteiger partial charge in [0.1, 0.15) is 22.2 Å². The van der Waals surface area contributed by atoms with Crippen molar-refractivity contribution in [3.8, 4) is 0 Å². The zero-order valence-electron chi connectivity index (χ0n) is 6.10. The van der Waals surface area contributed by atoms with Crippen molar-refractivity contribution in [1.29, 1.82) is 0 Å². The van der Waals surface area contributed by atoms with E-state index in [1.807, 2.05) is 0 Å². The fourth-order valence-electron chi connectivity index (χ4n) is 0.741. The topological polar surface area (TPSA) is 30.0 Å². The van der Waals surface area contributed by atoms with Crippen LogP contribution in [0, 0.1) is 5.82 Å².